The van der Waals surface area contributed by atoms with E-state index < -0.39 is 0 Å². The molecular weight excluding hydrogens is 586 g/mol. The summed E-state index contributed by atoms with van der Waals surface area (Å²) < 4.78 is 13.2. The molecule has 0 N–H and O–H groups in total. The molecule has 0 saturated carbocycles. The Morgan fingerprint density at radius 2 is 1.68 bits per heavy atom. The van der Waals surface area contributed by atoms with E-state index in [1.165, 1.54) is 4.90 Å². The number of carbonyl (C=O) groups excluding carboxylic acids is 2. The summed E-state index contributed by atoms with van der Waals surface area (Å²) in [5.41, 5.74) is 3.58. The second-order valence-electron chi connectivity index (χ2n) is 9.30. The molecule has 4 aromatic rings. The first-order valence-corrected chi connectivity index (χ1v) is 14.6. The van der Waals surface area contributed by atoms with Crippen LogP contribution in [0.25, 0.3) is 16.8 Å². The van der Waals surface area contributed by atoms with Crippen LogP contribution >= 0.6 is 27.7 Å². The molecule has 1 aliphatic heterocycles. The molecule has 1 heterocycles. The third kappa shape index (κ3) is 6.32. The number of hydrogen-bond acceptors (Lipinski definition) is 5. The van der Waals surface area contributed by atoms with E-state index in [2.05, 4.69) is 22.5 Å². The van der Waals surface area contributed by atoms with E-state index in [1.807, 2.05) is 85.8 Å². The highest BCUT2D eigenvalue weighted by Crippen LogP contribution is 2.38. The van der Waals surface area contributed by atoms with Crippen LogP contribution in [0.15, 0.2) is 101 Å². The second kappa shape index (κ2) is 12.6. The topological polar surface area (TPSA) is 55.8 Å². The van der Waals surface area contributed by atoms with Gasteiger partial charge in [0.05, 0.1) is 18.1 Å². The predicted molar refractivity (Wildman–Crippen MR) is 165 cm³/mol. The van der Waals surface area contributed by atoms with Crippen LogP contribution in [0, 0.1) is 0 Å². The molecule has 0 unspecified atom stereocenters. The summed E-state index contributed by atoms with van der Waals surface area (Å²) in [7, 11) is 0. The Morgan fingerprint density at radius 1 is 0.925 bits per heavy atom. The molecule has 0 atom stereocenters. The standard InChI is InChI=1S/C33H28BrNO4S/c1-3-7-27-17-24(18-29(38-4-2)31(27)39-21-22-11-14-28(34)15-12-22)19-30-32(36)35(33(37)40-30)20-23-10-13-25-8-5-6-9-26(25)16-23/h3,5-6,8-19H,1,4,7,20-21H2,2H3/b30-19-. The zero-order valence-electron chi connectivity index (χ0n) is 22.1. The highest BCUT2D eigenvalue weighted by atomic mass is 79.9. The Bertz CT molecular complexity index is 1610. The van der Waals surface area contributed by atoms with Crippen LogP contribution in [0.2, 0.25) is 0 Å². The van der Waals surface area contributed by atoms with Gasteiger partial charge in [0.2, 0.25) is 0 Å². The maximum atomic E-state index is 13.3. The number of nitrogens with zero attached hydrogens (tertiary/aromatic N) is 1. The Morgan fingerprint density at radius 3 is 2.42 bits per heavy atom. The van der Waals surface area contributed by atoms with Crippen molar-refractivity contribution in [2.24, 2.45) is 0 Å². The number of hydrogen-bond donors (Lipinski definition) is 0. The lowest BCUT2D eigenvalue weighted by Gasteiger charge is -2.17. The number of imide groups is 1. The van der Waals surface area contributed by atoms with Gasteiger partial charge >= 0.3 is 0 Å². The van der Waals surface area contributed by atoms with Crippen molar-refractivity contribution >= 4 is 55.7 Å². The van der Waals surface area contributed by atoms with E-state index >= 15 is 0 Å². The lowest BCUT2D eigenvalue weighted by atomic mass is 10.0. The second-order valence-corrected chi connectivity index (χ2v) is 11.2. The van der Waals surface area contributed by atoms with Crippen LogP contribution in [0.5, 0.6) is 11.5 Å². The number of rotatable bonds is 10. The number of thioether (sulfide) groups is 1. The quantitative estimate of drug-likeness (QED) is 0.132. The number of amides is 2. The Kier molecular flexibility index (Phi) is 8.72. The third-order valence-electron chi connectivity index (χ3n) is 6.44. The zero-order chi connectivity index (χ0) is 28.1. The highest BCUT2D eigenvalue weighted by Gasteiger charge is 2.35. The molecule has 7 heteroatoms. The number of allylic oxidation sites excluding steroid dienone is 1. The molecule has 0 aliphatic carbocycles. The van der Waals surface area contributed by atoms with Gasteiger partial charge in [-0.2, -0.15) is 0 Å². The van der Waals surface area contributed by atoms with E-state index in [1.54, 1.807) is 12.2 Å². The lowest BCUT2D eigenvalue weighted by molar-refractivity contribution is -0.123. The van der Waals surface area contributed by atoms with Crippen molar-refractivity contribution in [3.63, 3.8) is 0 Å². The van der Waals surface area contributed by atoms with Crippen LogP contribution in [0.4, 0.5) is 4.79 Å². The molecule has 5 nitrogen and oxygen atoms in total. The largest absolute Gasteiger partial charge is 0.490 e. The molecule has 2 amide bonds. The van der Waals surface area contributed by atoms with Gasteiger partial charge in [0.1, 0.15) is 6.61 Å². The first kappa shape index (κ1) is 27.7. The van der Waals surface area contributed by atoms with Gasteiger partial charge in [0.25, 0.3) is 11.1 Å². The van der Waals surface area contributed by atoms with Crippen molar-refractivity contribution in [1.29, 1.82) is 0 Å². The maximum Gasteiger partial charge on any atom is 0.293 e. The van der Waals surface area contributed by atoms with Crippen molar-refractivity contribution in [2.75, 3.05) is 6.61 Å². The predicted octanol–water partition coefficient (Wildman–Crippen LogP) is 8.55. The van der Waals surface area contributed by atoms with Gasteiger partial charge in [0, 0.05) is 10.0 Å². The first-order chi connectivity index (χ1) is 19.4. The Balaban J connectivity index is 1.40. The van der Waals surface area contributed by atoms with Gasteiger partial charge in [-0.05, 0) is 89.0 Å². The molecule has 0 radical (unpaired) electrons. The average Bonchev–Trinajstić information content (AvgIpc) is 3.21. The molecule has 1 saturated heterocycles. The number of ether oxygens (including phenoxy) is 2. The number of benzene rings is 4. The normalized spacial score (nSPS) is 14.2. The Hall–Kier alpha value is -3.81. The molecule has 0 spiro atoms. The van der Waals surface area contributed by atoms with Gasteiger partial charge in [-0.25, -0.2) is 0 Å². The summed E-state index contributed by atoms with van der Waals surface area (Å²) in [6, 6.07) is 25.8. The van der Waals surface area contributed by atoms with E-state index in [0.717, 1.165) is 49.3 Å². The minimum Gasteiger partial charge on any atom is -0.490 e. The summed E-state index contributed by atoms with van der Waals surface area (Å²) in [6.45, 7) is 6.87. The van der Waals surface area contributed by atoms with E-state index in [9.17, 15) is 9.59 Å². The van der Waals surface area contributed by atoms with E-state index in [-0.39, 0.29) is 17.7 Å². The van der Waals surface area contributed by atoms with Crippen molar-refractivity contribution in [3.05, 3.63) is 123 Å². The van der Waals surface area contributed by atoms with Gasteiger partial charge < -0.3 is 9.47 Å². The number of carbonyl (C=O) groups is 2. The van der Waals surface area contributed by atoms with Crippen molar-refractivity contribution in [2.45, 2.75) is 26.5 Å². The molecule has 1 aliphatic rings. The van der Waals surface area contributed by atoms with Crippen molar-refractivity contribution in [3.8, 4) is 11.5 Å². The van der Waals surface area contributed by atoms with Crippen LogP contribution in [0.3, 0.4) is 0 Å². The fourth-order valence-electron chi connectivity index (χ4n) is 4.54. The Labute approximate surface area is 246 Å². The smallest absolute Gasteiger partial charge is 0.293 e. The van der Waals surface area contributed by atoms with Gasteiger partial charge in [-0.15, -0.1) is 6.58 Å². The minimum atomic E-state index is -0.304. The SMILES string of the molecule is C=CCc1cc(/C=C2\SC(=O)N(Cc3ccc4ccccc4c3)C2=O)cc(OCC)c1OCc1ccc(Br)cc1. The first-order valence-electron chi connectivity index (χ1n) is 13.0. The molecule has 40 heavy (non-hydrogen) atoms. The maximum absolute atomic E-state index is 13.3. The van der Waals surface area contributed by atoms with Crippen molar-refractivity contribution in [1.82, 2.24) is 4.90 Å². The fraction of sp³-hybridized carbons (Fsp3) is 0.152. The van der Waals surface area contributed by atoms with E-state index in [0.29, 0.717) is 36.0 Å². The average molecular weight is 615 g/mol. The van der Waals surface area contributed by atoms with Gasteiger partial charge in [-0.1, -0.05) is 70.5 Å². The monoisotopic (exact) mass is 613 g/mol. The minimum absolute atomic E-state index is 0.224. The summed E-state index contributed by atoms with van der Waals surface area (Å²) >= 11 is 4.41. The number of halogens is 1. The molecule has 0 bridgehead atoms. The summed E-state index contributed by atoms with van der Waals surface area (Å²) in [6.07, 6.45) is 4.11. The third-order valence-corrected chi connectivity index (χ3v) is 7.88. The van der Waals surface area contributed by atoms with Gasteiger partial charge in [-0.3, -0.25) is 14.5 Å². The molecule has 5 rings (SSSR count). The molecule has 0 aromatic heterocycles. The van der Waals surface area contributed by atoms with Crippen LogP contribution < -0.4 is 9.47 Å². The van der Waals surface area contributed by atoms with Gasteiger partial charge in [0.15, 0.2) is 11.5 Å². The molecule has 1 fully saturated rings. The van der Waals surface area contributed by atoms with E-state index in [4.69, 9.17) is 9.47 Å². The summed E-state index contributed by atoms with van der Waals surface area (Å²) in [5, 5.41) is 1.91. The van der Waals surface area contributed by atoms with Crippen LogP contribution in [-0.4, -0.2) is 22.7 Å². The lowest BCUT2D eigenvalue weighted by Crippen LogP contribution is -2.27. The van der Waals surface area contributed by atoms with Crippen molar-refractivity contribution < 1.29 is 19.1 Å². The zero-order valence-corrected chi connectivity index (χ0v) is 24.5. The molecule has 202 valence electrons. The summed E-state index contributed by atoms with van der Waals surface area (Å²) in [5.74, 6) is 0.925. The van der Waals surface area contributed by atoms with Crippen LogP contribution in [-0.2, 0) is 24.4 Å². The number of fused-ring (bicyclic) bond motifs is 1. The highest BCUT2D eigenvalue weighted by molar-refractivity contribution is 9.10. The summed E-state index contributed by atoms with van der Waals surface area (Å²) in [4.78, 5) is 27.8. The molecular formula is C33H28BrNO4S. The molecule has 4 aromatic carbocycles. The van der Waals surface area contributed by atoms with Crippen LogP contribution in [0.1, 0.15) is 29.2 Å². The fourth-order valence-corrected chi connectivity index (χ4v) is 5.65.